The maximum atomic E-state index is 10.6. The van der Waals surface area contributed by atoms with Crippen molar-refractivity contribution in [1.82, 2.24) is 4.90 Å². The van der Waals surface area contributed by atoms with Gasteiger partial charge in [-0.05, 0) is 20.5 Å². The summed E-state index contributed by atoms with van der Waals surface area (Å²) in [6, 6.07) is 0.315. The van der Waals surface area contributed by atoms with Crippen molar-refractivity contribution >= 4 is 5.97 Å². The fraction of sp³-hybridized carbons (Fsp3) is 0.667. The van der Waals surface area contributed by atoms with Gasteiger partial charge in [-0.3, -0.25) is 4.90 Å². The number of aliphatic carboxylic acids is 1. The zero-order valence-corrected chi connectivity index (χ0v) is 8.80. The Bertz CT molecular complexity index is 230. The Morgan fingerprint density at radius 3 is 1.87 bits per heavy atom. The summed E-state index contributed by atoms with van der Waals surface area (Å²) in [6.45, 7) is 2.09. The first kappa shape index (κ1) is 16.2. The first-order chi connectivity index (χ1) is 6.66. The van der Waals surface area contributed by atoms with Crippen LogP contribution in [0.25, 0.3) is 0 Å². The van der Waals surface area contributed by atoms with Crippen LogP contribution in [0.1, 0.15) is 13.3 Å². The van der Waals surface area contributed by atoms with Crippen molar-refractivity contribution < 1.29 is 23.1 Å². The molecule has 0 aromatic rings. The molecule has 1 unspecified atom stereocenters. The van der Waals surface area contributed by atoms with Crippen LogP contribution in [0.2, 0.25) is 0 Å². The van der Waals surface area contributed by atoms with Gasteiger partial charge in [0.05, 0.1) is 6.04 Å². The smallest absolute Gasteiger partial charge is 0.475 e. The highest BCUT2D eigenvalue weighted by molar-refractivity contribution is 5.73. The molecule has 0 aromatic carbocycles. The van der Waals surface area contributed by atoms with E-state index >= 15 is 0 Å². The van der Waals surface area contributed by atoms with E-state index in [9.17, 15) is 13.2 Å². The summed E-state index contributed by atoms with van der Waals surface area (Å²) in [6.07, 6.45) is 1.14. The maximum absolute atomic E-state index is 10.6. The minimum Gasteiger partial charge on any atom is -0.475 e. The fourth-order valence-electron chi connectivity index (χ4n) is 0.632. The predicted octanol–water partition coefficient (Wildman–Crippen LogP) is 1.59. The lowest BCUT2D eigenvalue weighted by atomic mass is 10.2. The molecule has 0 aliphatic carbocycles. The van der Waals surface area contributed by atoms with Crippen molar-refractivity contribution in [1.29, 1.82) is 0 Å². The van der Waals surface area contributed by atoms with E-state index in [1.807, 2.05) is 19.0 Å². The summed E-state index contributed by atoms with van der Waals surface area (Å²) >= 11 is 0. The molecule has 0 radical (unpaired) electrons. The summed E-state index contributed by atoms with van der Waals surface area (Å²) in [7, 11) is 3.99. The van der Waals surface area contributed by atoms with Crippen LogP contribution >= 0.6 is 0 Å². The third-order valence-corrected chi connectivity index (χ3v) is 1.44. The van der Waals surface area contributed by atoms with Crippen LogP contribution in [0.5, 0.6) is 0 Å². The van der Waals surface area contributed by atoms with Gasteiger partial charge in [-0.2, -0.15) is 13.2 Å². The number of halogens is 3. The van der Waals surface area contributed by atoms with E-state index in [-0.39, 0.29) is 0 Å². The zero-order valence-electron chi connectivity index (χ0n) is 8.80. The molecule has 0 spiro atoms. The van der Waals surface area contributed by atoms with Crippen LogP contribution in [0.15, 0.2) is 0 Å². The van der Waals surface area contributed by atoms with E-state index in [1.165, 1.54) is 0 Å². The average molecular weight is 225 g/mol. The second kappa shape index (κ2) is 7.12. The van der Waals surface area contributed by atoms with E-state index < -0.39 is 12.1 Å². The highest BCUT2D eigenvalue weighted by Crippen LogP contribution is 2.13. The number of hydrogen-bond donors (Lipinski definition) is 1. The molecule has 0 saturated heterocycles. The highest BCUT2D eigenvalue weighted by Gasteiger charge is 2.38. The minimum atomic E-state index is -5.08. The van der Waals surface area contributed by atoms with Gasteiger partial charge in [0.25, 0.3) is 0 Å². The Labute approximate surface area is 86.9 Å². The van der Waals surface area contributed by atoms with E-state index in [2.05, 4.69) is 12.8 Å². The molecule has 0 aliphatic rings. The van der Waals surface area contributed by atoms with Crippen LogP contribution in [-0.2, 0) is 4.79 Å². The van der Waals surface area contributed by atoms with Crippen molar-refractivity contribution in [2.75, 3.05) is 14.1 Å². The molecule has 0 aromatic heterocycles. The third kappa shape index (κ3) is 9.09. The van der Waals surface area contributed by atoms with Crippen molar-refractivity contribution in [3.8, 4) is 12.3 Å². The summed E-state index contributed by atoms with van der Waals surface area (Å²) < 4.78 is 31.7. The van der Waals surface area contributed by atoms with Crippen LogP contribution in [0.4, 0.5) is 13.2 Å². The normalized spacial score (nSPS) is 12.4. The Balaban J connectivity index is 0. The summed E-state index contributed by atoms with van der Waals surface area (Å²) in [5, 5.41) is 7.12. The van der Waals surface area contributed by atoms with Gasteiger partial charge in [0, 0.05) is 0 Å². The van der Waals surface area contributed by atoms with Crippen LogP contribution in [-0.4, -0.2) is 42.3 Å². The van der Waals surface area contributed by atoms with Crippen LogP contribution in [0, 0.1) is 12.3 Å². The molecule has 1 N–H and O–H groups in total. The maximum Gasteiger partial charge on any atom is 0.490 e. The second-order valence-corrected chi connectivity index (χ2v) is 2.86. The quantitative estimate of drug-likeness (QED) is 0.725. The molecular weight excluding hydrogens is 211 g/mol. The largest absolute Gasteiger partial charge is 0.490 e. The molecule has 88 valence electrons. The third-order valence-electron chi connectivity index (χ3n) is 1.44. The van der Waals surface area contributed by atoms with Gasteiger partial charge in [0.1, 0.15) is 0 Å². The Morgan fingerprint density at radius 1 is 1.53 bits per heavy atom. The Kier molecular flexibility index (Phi) is 7.70. The molecule has 0 aliphatic heterocycles. The molecule has 1 atom stereocenters. The van der Waals surface area contributed by atoms with Gasteiger partial charge in [-0.25, -0.2) is 4.79 Å². The molecule has 0 amide bonds. The van der Waals surface area contributed by atoms with Gasteiger partial charge in [0.2, 0.25) is 0 Å². The van der Waals surface area contributed by atoms with Crippen molar-refractivity contribution in [3.05, 3.63) is 0 Å². The van der Waals surface area contributed by atoms with Gasteiger partial charge in [-0.15, -0.1) is 6.42 Å². The lowest BCUT2D eigenvalue weighted by Gasteiger charge is -2.15. The lowest BCUT2D eigenvalue weighted by molar-refractivity contribution is -0.192. The van der Waals surface area contributed by atoms with Crippen LogP contribution in [0.3, 0.4) is 0 Å². The molecule has 3 nitrogen and oxygen atoms in total. The van der Waals surface area contributed by atoms with E-state index in [0.29, 0.717) is 6.04 Å². The lowest BCUT2D eigenvalue weighted by Crippen LogP contribution is -2.24. The van der Waals surface area contributed by atoms with Gasteiger partial charge in [0.15, 0.2) is 0 Å². The first-order valence-electron chi connectivity index (χ1n) is 4.09. The molecule has 0 saturated carbocycles. The predicted molar refractivity (Wildman–Crippen MR) is 50.3 cm³/mol. The standard InChI is InChI=1S/C7H13N.C2HF3O2/c1-5-7(6-2)8(3)4;3-2(4,5)1(6)7/h1,7H,6H2,2-4H3;(H,6,7). The van der Waals surface area contributed by atoms with E-state index in [0.717, 1.165) is 6.42 Å². The van der Waals surface area contributed by atoms with E-state index in [1.54, 1.807) is 0 Å². The Morgan fingerprint density at radius 2 is 1.87 bits per heavy atom. The number of carboxylic acids is 1. The molecule has 0 rings (SSSR count). The molecule has 6 heteroatoms. The first-order valence-corrected chi connectivity index (χ1v) is 4.09. The van der Waals surface area contributed by atoms with Crippen molar-refractivity contribution in [2.45, 2.75) is 25.6 Å². The number of terminal acetylenes is 1. The number of carboxylic acid groups (broad SMARTS) is 1. The monoisotopic (exact) mass is 225 g/mol. The number of carbonyl (C=O) groups is 1. The SMILES string of the molecule is C#CC(CC)N(C)C.O=C(O)C(F)(F)F. The summed E-state index contributed by atoms with van der Waals surface area (Å²) in [5.74, 6) is -0.0799. The fourth-order valence-corrected chi connectivity index (χ4v) is 0.632. The molecule has 0 bridgehead atoms. The van der Waals surface area contributed by atoms with Gasteiger partial charge in [-0.1, -0.05) is 12.8 Å². The minimum absolute atomic E-state index is 0.315. The molecule has 0 heterocycles. The van der Waals surface area contributed by atoms with Gasteiger partial charge >= 0.3 is 12.1 Å². The van der Waals surface area contributed by atoms with Crippen molar-refractivity contribution in [3.63, 3.8) is 0 Å². The van der Waals surface area contributed by atoms with Crippen molar-refractivity contribution in [2.24, 2.45) is 0 Å². The number of nitrogens with zero attached hydrogens (tertiary/aromatic N) is 1. The molecule has 15 heavy (non-hydrogen) atoms. The summed E-state index contributed by atoms with van der Waals surface area (Å²) in [4.78, 5) is 10.9. The molecular formula is C9H14F3NO2. The topological polar surface area (TPSA) is 40.5 Å². The zero-order chi connectivity index (χ0) is 12.6. The van der Waals surface area contributed by atoms with Gasteiger partial charge < -0.3 is 5.11 Å². The number of alkyl halides is 3. The van der Waals surface area contributed by atoms with Crippen LogP contribution < -0.4 is 0 Å². The number of rotatable bonds is 2. The second-order valence-electron chi connectivity index (χ2n) is 2.86. The summed E-state index contributed by atoms with van der Waals surface area (Å²) in [5.41, 5.74) is 0. The Hall–Kier alpha value is -1.22. The van der Waals surface area contributed by atoms with E-state index in [4.69, 9.17) is 16.3 Å². The number of hydrogen-bond acceptors (Lipinski definition) is 2. The molecule has 0 fully saturated rings. The average Bonchev–Trinajstić information content (AvgIpc) is 2.04. The highest BCUT2D eigenvalue weighted by atomic mass is 19.4.